The van der Waals surface area contributed by atoms with Crippen LogP contribution in [0, 0.1) is 6.92 Å². The first-order valence-electron chi connectivity index (χ1n) is 6.65. The SMILES string of the molecule is Cc1c(Cc2c(N=C=O)cccc2N=C=O)cccc1N=C=O. The summed E-state index contributed by atoms with van der Waals surface area (Å²) in [7, 11) is 0. The van der Waals surface area contributed by atoms with Gasteiger partial charge in [-0.2, -0.15) is 15.0 Å². The Bertz CT molecular complexity index is 850. The van der Waals surface area contributed by atoms with Crippen LogP contribution in [0.1, 0.15) is 16.7 Å². The highest BCUT2D eigenvalue weighted by molar-refractivity contribution is 5.67. The Morgan fingerprint density at radius 3 is 1.83 bits per heavy atom. The molecule has 0 fully saturated rings. The van der Waals surface area contributed by atoms with Gasteiger partial charge in [0.15, 0.2) is 0 Å². The van der Waals surface area contributed by atoms with E-state index in [4.69, 9.17) is 0 Å². The lowest BCUT2D eigenvalue weighted by atomic mass is 9.97. The minimum absolute atomic E-state index is 0.357. The van der Waals surface area contributed by atoms with Crippen molar-refractivity contribution in [1.29, 1.82) is 0 Å². The van der Waals surface area contributed by atoms with Crippen molar-refractivity contribution in [2.45, 2.75) is 13.3 Å². The highest BCUT2D eigenvalue weighted by atomic mass is 16.1. The van der Waals surface area contributed by atoms with Crippen LogP contribution in [0.25, 0.3) is 0 Å². The predicted molar refractivity (Wildman–Crippen MR) is 83.8 cm³/mol. The van der Waals surface area contributed by atoms with E-state index in [0.717, 1.165) is 11.1 Å². The van der Waals surface area contributed by atoms with Gasteiger partial charge < -0.3 is 0 Å². The molecule has 0 saturated heterocycles. The molecule has 112 valence electrons. The first-order chi connectivity index (χ1) is 11.2. The monoisotopic (exact) mass is 305 g/mol. The van der Waals surface area contributed by atoms with Crippen LogP contribution < -0.4 is 0 Å². The van der Waals surface area contributed by atoms with E-state index >= 15 is 0 Å². The third-order valence-electron chi connectivity index (χ3n) is 3.41. The summed E-state index contributed by atoms with van der Waals surface area (Å²) in [6.45, 7) is 1.82. The van der Waals surface area contributed by atoms with Gasteiger partial charge >= 0.3 is 0 Å². The number of aliphatic imine (C=N–C) groups is 3. The van der Waals surface area contributed by atoms with Gasteiger partial charge in [0, 0.05) is 12.0 Å². The second-order valence-corrected chi connectivity index (χ2v) is 4.62. The van der Waals surface area contributed by atoms with E-state index in [1.807, 2.05) is 13.0 Å². The molecule has 2 aromatic rings. The molecule has 0 aliphatic heterocycles. The molecule has 0 radical (unpaired) electrons. The number of benzene rings is 2. The van der Waals surface area contributed by atoms with Crippen molar-refractivity contribution < 1.29 is 14.4 Å². The average Bonchev–Trinajstić information content (AvgIpc) is 2.54. The number of hydrogen-bond donors (Lipinski definition) is 0. The van der Waals surface area contributed by atoms with Gasteiger partial charge in [-0.3, -0.25) is 0 Å². The van der Waals surface area contributed by atoms with Crippen LogP contribution in [-0.4, -0.2) is 18.2 Å². The normalized spacial score (nSPS) is 9.26. The largest absolute Gasteiger partial charge is 0.240 e. The van der Waals surface area contributed by atoms with Crippen LogP contribution >= 0.6 is 0 Å². The molecule has 0 aliphatic carbocycles. The molecule has 23 heavy (non-hydrogen) atoms. The molecule has 0 aliphatic rings. The van der Waals surface area contributed by atoms with Crippen molar-refractivity contribution in [1.82, 2.24) is 0 Å². The molecule has 6 heteroatoms. The Kier molecular flexibility index (Phi) is 5.24. The minimum atomic E-state index is 0.357. The van der Waals surface area contributed by atoms with Gasteiger partial charge in [0.05, 0.1) is 17.1 Å². The molecular weight excluding hydrogens is 294 g/mol. The molecule has 0 heterocycles. The summed E-state index contributed by atoms with van der Waals surface area (Å²) in [4.78, 5) is 42.6. The highest BCUT2D eigenvalue weighted by Gasteiger charge is 2.12. The second kappa shape index (κ2) is 7.55. The Morgan fingerprint density at radius 1 is 0.783 bits per heavy atom. The molecule has 0 spiro atoms. The number of isocyanates is 3. The van der Waals surface area contributed by atoms with Gasteiger partial charge in [0.1, 0.15) is 0 Å². The molecule has 0 unspecified atom stereocenters. The van der Waals surface area contributed by atoms with Gasteiger partial charge in [-0.05, 0) is 36.2 Å². The lowest BCUT2D eigenvalue weighted by molar-refractivity contribution is 0.564. The Hall–Kier alpha value is -3.42. The van der Waals surface area contributed by atoms with Crippen molar-refractivity contribution in [3.05, 3.63) is 53.1 Å². The smallest absolute Gasteiger partial charge is 0.211 e. The van der Waals surface area contributed by atoms with Crippen LogP contribution in [0.5, 0.6) is 0 Å². The van der Waals surface area contributed by atoms with Crippen LogP contribution in [0.3, 0.4) is 0 Å². The van der Waals surface area contributed by atoms with Gasteiger partial charge in [0.2, 0.25) is 18.2 Å². The molecule has 0 saturated carbocycles. The lowest BCUT2D eigenvalue weighted by Gasteiger charge is -2.11. The number of carbonyl (C=O) groups excluding carboxylic acids is 3. The first kappa shape index (κ1) is 16.0. The quantitative estimate of drug-likeness (QED) is 0.625. The van der Waals surface area contributed by atoms with Gasteiger partial charge in [-0.15, -0.1) is 0 Å². The molecule has 0 N–H and O–H groups in total. The van der Waals surface area contributed by atoms with Crippen molar-refractivity contribution in [2.75, 3.05) is 0 Å². The highest BCUT2D eigenvalue weighted by Crippen LogP contribution is 2.33. The predicted octanol–water partition coefficient (Wildman–Crippen LogP) is 3.49. The van der Waals surface area contributed by atoms with E-state index in [-0.39, 0.29) is 0 Å². The van der Waals surface area contributed by atoms with Crippen LogP contribution in [0.4, 0.5) is 17.1 Å². The molecule has 0 bridgehead atoms. The van der Waals surface area contributed by atoms with Crippen molar-refractivity contribution in [3.8, 4) is 0 Å². The molecule has 0 aromatic heterocycles. The summed E-state index contributed by atoms with van der Waals surface area (Å²) in [5, 5.41) is 0. The van der Waals surface area contributed by atoms with E-state index in [0.29, 0.717) is 29.0 Å². The fourth-order valence-electron chi connectivity index (χ4n) is 2.27. The first-order valence-corrected chi connectivity index (χ1v) is 6.65. The van der Waals surface area contributed by atoms with Crippen molar-refractivity contribution >= 4 is 35.3 Å². The fraction of sp³-hybridized carbons (Fsp3) is 0.118. The molecule has 2 rings (SSSR count). The Balaban J connectivity index is 2.59. The zero-order valence-electron chi connectivity index (χ0n) is 12.2. The summed E-state index contributed by atoms with van der Waals surface area (Å²) in [6.07, 6.45) is 4.85. The zero-order chi connectivity index (χ0) is 16.7. The molecular formula is C17H11N3O3. The minimum Gasteiger partial charge on any atom is -0.211 e. The van der Waals surface area contributed by atoms with Crippen molar-refractivity contribution in [2.24, 2.45) is 15.0 Å². The number of rotatable bonds is 5. The number of nitrogens with zero attached hydrogens (tertiary/aromatic N) is 3. The Morgan fingerprint density at radius 2 is 1.26 bits per heavy atom. The summed E-state index contributed by atoms with van der Waals surface area (Å²) < 4.78 is 0. The van der Waals surface area contributed by atoms with E-state index in [1.54, 1.807) is 30.3 Å². The summed E-state index contributed by atoms with van der Waals surface area (Å²) in [6, 6.07) is 10.2. The van der Waals surface area contributed by atoms with Gasteiger partial charge in [-0.1, -0.05) is 18.2 Å². The molecule has 2 aromatic carbocycles. The Labute approximate surface area is 131 Å². The maximum atomic E-state index is 10.6. The van der Waals surface area contributed by atoms with Gasteiger partial charge in [-0.25, -0.2) is 14.4 Å². The molecule has 6 nitrogen and oxygen atoms in total. The third-order valence-corrected chi connectivity index (χ3v) is 3.41. The fourth-order valence-corrected chi connectivity index (χ4v) is 2.27. The van der Waals surface area contributed by atoms with E-state index < -0.39 is 0 Å². The topological polar surface area (TPSA) is 88.3 Å². The summed E-state index contributed by atoms with van der Waals surface area (Å²) in [5.41, 5.74) is 3.50. The summed E-state index contributed by atoms with van der Waals surface area (Å²) in [5.74, 6) is 0. The third kappa shape index (κ3) is 3.62. The maximum Gasteiger partial charge on any atom is 0.240 e. The zero-order valence-corrected chi connectivity index (χ0v) is 12.2. The lowest BCUT2D eigenvalue weighted by Crippen LogP contribution is -1.94. The van der Waals surface area contributed by atoms with E-state index in [1.165, 1.54) is 18.2 Å². The summed E-state index contributed by atoms with van der Waals surface area (Å²) >= 11 is 0. The van der Waals surface area contributed by atoms with Crippen LogP contribution in [-0.2, 0) is 20.8 Å². The van der Waals surface area contributed by atoms with E-state index in [2.05, 4.69) is 15.0 Å². The van der Waals surface area contributed by atoms with Gasteiger partial charge in [0.25, 0.3) is 0 Å². The number of hydrogen-bond acceptors (Lipinski definition) is 6. The van der Waals surface area contributed by atoms with E-state index in [9.17, 15) is 14.4 Å². The maximum absolute atomic E-state index is 10.6. The standard InChI is InChI=1S/C17H11N3O3/c1-12-13(4-2-5-15(12)18-9-21)8-14-16(19-10-22)6-3-7-17(14)20-11-23/h2-7H,8H2,1H3. The van der Waals surface area contributed by atoms with Crippen molar-refractivity contribution in [3.63, 3.8) is 0 Å². The molecule has 0 amide bonds. The average molecular weight is 305 g/mol. The van der Waals surface area contributed by atoms with Crippen LogP contribution in [0.15, 0.2) is 51.4 Å². The second-order valence-electron chi connectivity index (χ2n) is 4.62. The van der Waals surface area contributed by atoms with Crippen LogP contribution in [0.2, 0.25) is 0 Å². The molecule has 0 atom stereocenters.